The van der Waals surface area contributed by atoms with Crippen LogP contribution in [0.5, 0.6) is 5.75 Å². The van der Waals surface area contributed by atoms with E-state index in [1.54, 1.807) is 6.07 Å². The number of ether oxygens (including phenoxy) is 1. The van der Waals surface area contributed by atoms with Crippen LogP contribution in [-0.4, -0.2) is 41.3 Å². The molecule has 0 atom stereocenters. The molecule has 0 bridgehead atoms. The summed E-state index contributed by atoms with van der Waals surface area (Å²) in [7, 11) is 0. The SMILES string of the molecule is CC(C)NCCOc1ccccc1C#N.O=C(O)/C=C\C(=O)O. The summed E-state index contributed by atoms with van der Waals surface area (Å²) >= 11 is 0. The van der Waals surface area contributed by atoms with Crippen molar-refractivity contribution >= 4 is 11.9 Å². The molecule has 7 nitrogen and oxygen atoms in total. The molecule has 7 heteroatoms. The Morgan fingerprint density at radius 1 is 1.26 bits per heavy atom. The Morgan fingerprint density at radius 2 is 1.83 bits per heavy atom. The van der Waals surface area contributed by atoms with E-state index in [1.165, 1.54) is 0 Å². The highest BCUT2D eigenvalue weighted by Gasteiger charge is 2.00. The van der Waals surface area contributed by atoms with Crippen molar-refractivity contribution in [1.29, 1.82) is 5.26 Å². The van der Waals surface area contributed by atoms with Crippen molar-refractivity contribution in [2.75, 3.05) is 13.2 Å². The fourth-order valence-corrected chi connectivity index (χ4v) is 1.34. The van der Waals surface area contributed by atoms with Crippen LogP contribution in [0.3, 0.4) is 0 Å². The largest absolute Gasteiger partial charge is 0.491 e. The number of carboxylic acids is 2. The van der Waals surface area contributed by atoms with Gasteiger partial charge in [-0.3, -0.25) is 0 Å². The van der Waals surface area contributed by atoms with E-state index in [0.717, 1.165) is 6.54 Å². The molecule has 0 aromatic heterocycles. The summed E-state index contributed by atoms with van der Waals surface area (Å²) < 4.78 is 5.49. The number of nitrogens with one attached hydrogen (secondary N) is 1. The van der Waals surface area contributed by atoms with Gasteiger partial charge in [0.25, 0.3) is 0 Å². The van der Waals surface area contributed by atoms with Crippen LogP contribution in [0.1, 0.15) is 19.4 Å². The molecule has 0 fully saturated rings. The van der Waals surface area contributed by atoms with Crippen molar-refractivity contribution < 1.29 is 24.5 Å². The first-order valence-corrected chi connectivity index (χ1v) is 6.86. The number of nitrogens with zero attached hydrogens (tertiary/aromatic N) is 1. The van der Waals surface area contributed by atoms with Crippen LogP contribution in [0.15, 0.2) is 36.4 Å². The molecule has 0 saturated carbocycles. The van der Waals surface area contributed by atoms with E-state index in [2.05, 4.69) is 25.2 Å². The molecule has 0 saturated heterocycles. The molecule has 0 aliphatic carbocycles. The van der Waals surface area contributed by atoms with E-state index < -0.39 is 11.9 Å². The number of aliphatic carboxylic acids is 2. The normalized spacial score (nSPS) is 9.83. The average molecular weight is 320 g/mol. The van der Waals surface area contributed by atoms with Gasteiger partial charge in [-0.05, 0) is 12.1 Å². The zero-order valence-corrected chi connectivity index (χ0v) is 13.0. The van der Waals surface area contributed by atoms with Gasteiger partial charge in [0.1, 0.15) is 18.4 Å². The van der Waals surface area contributed by atoms with Gasteiger partial charge in [-0.1, -0.05) is 26.0 Å². The molecule has 1 aromatic rings. The number of para-hydroxylation sites is 1. The van der Waals surface area contributed by atoms with Crippen molar-refractivity contribution in [3.63, 3.8) is 0 Å². The van der Waals surface area contributed by atoms with Gasteiger partial charge in [-0.2, -0.15) is 5.26 Å². The minimum atomic E-state index is -1.26. The number of nitriles is 1. The van der Waals surface area contributed by atoms with Gasteiger partial charge in [-0.15, -0.1) is 0 Å². The lowest BCUT2D eigenvalue weighted by atomic mass is 10.2. The smallest absolute Gasteiger partial charge is 0.328 e. The van der Waals surface area contributed by atoms with Crippen molar-refractivity contribution in [3.8, 4) is 11.8 Å². The lowest BCUT2D eigenvalue weighted by Gasteiger charge is -2.10. The second-order valence-corrected chi connectivity index (χ2v) is 4.58. The van der Waals surface area contributed by atoms with E-state index >= 15 is 0 Å². The maximum atomic E-state index is 9.55. The van der Waals surface area contributed by atoms with E-state index in [-0.39, 0.29) is 0 Å². The van der Waals surface area contributed by atoms with Gasteiger partial charge < -0.3 is 20.3 Å². The zero-order valence-electron chi connectivity index (χ0n) is 13.0. The fraction of sp³-hybridized carbons (Fsp3) is 0.312. The first kappa shape index (κ1) is 20.1. The van der Waals surface area contributed by atoms with E-state index in [4.69, 9.17) is 20.2 Å². The number of hydrogen-bond acceptors (Lipinski definition) is 5. The summed E-state index contributed by atoms with van der Waals surface area (Å²) in [6, 6.07) is 9.82. The molecule has 0 heterocycles. The first-order valence-electron chi connectivity index (χ1n) is 6.86. The molecule has 0 spiro atoms. The molecule has 3 N–H and O–H groups in total. The van der Waals surface area contributed by atoms with E-state index in [1.807, 2.05) is 18.2 Å². The summed E-state index contributed by atoms with van der Waals surface area (Å²) in [5, 5.41) is 27.7. The third-order valence-electron chi connectivity index (χ3n) is 2.29. The molecule has 0 unspecified atom stereocenters. The lowest BCUT2D eigenvalue weighted by Crippen LogP contribution is -2.27. The monoisotopic (exact) mass is 320 g/mol. The summed E-state index contributed by atoms with van der Waals surface area (Å²) in [5.74, 6) is -1.86. The van der Waals surface area contributed by atoms with Crippen LogP contribution in [0.4, 0.5) is 0 Å². The van der Waals surface area contributed by atoms with Crippen LogP contribution < -0.4 is 10.1 Å². The van der Waals surface area contributed by atoms with Crippen LogP contribution in [0, 0.1) is 11.3 Å². The number of benzene rings is 1. The average Bonchev–Trinajstić information content (AvgIpc) is 2.50. The summed E-state index contributed by atoms with van der Waals surface area (Å²) in [5.41, 5.74) is 0.585. The van der Waals surface area contributed by atoms with Crippen molar-refractivity contribution in [2.24, 2.45) is 0 Å². The third-order valence-corrected chi connectivity index (χ3v) is 2.29. The van der Waals surface area contributed by atoms with E-state index in [9.17, 15) is 9.59 Å². The Balaban J connectivity index is 0.000000515. The second-order valence-electron chi connectivity index (χ2n) is 4.58. The summed E-state index contributed by atoms with van der Waals surface area (Å²) in [6.45, 7) is 5.54. The highest BCUT2D eigenvalue weighted by Crippen LogP contribution is 2.15. The Kier molecular flexibility index (Phi) is 10.3. The van der Waals surface area contributed by atoms with Gasteiger partial charge in [0, 0.05) is 24.7 Å². The Morgan fingerprint density at radius 3 is 2.30 bits per heavy atom. The molecule has 0 aliphatic rings. The molecule has 124 valence electrons. The zero-order chi connectivity index (χ0) is 17.7. The molecular formula is C16H20N2O5. The maximum Gasteiger partial charge on any atom is 0.328 e. The molecular weight excluding hydrogens is 300 g/mol. The van der Waals surface area contributed by atoms with Crippen LogP contribution in [-0.2, 0) is 9.59 Å². The molecule has 0 radical (unpaired) electrons. The van der Waals surface area contributed by atoms with Crippen molar-refractivity contribution in [1.82, 2.24) is 5.32 Å². The predicted octanol–water partition coefficient (Wildman–Crippen LogP) is 1.65. The topological polar surface area (TPSA) is 120 Å². The Labute approximate surface area is 134 Å². The molecule has 1 rings (SSSR count). The van der Waals surface area contributed by atoms with E-state index in [0.29, 0.717) is 36.1 Å². The summed E-state index contributed by atoms with van der Waals surface area (Å²) in [4.78, 5) is 19.1. The van der Waals surface area contributed by atoms with Crippen molar-refractivity contribution in [2.45, 2.75) is 19.9 Å². The number of rotatable bonds is 7. The number of carboxylic acid groups (broad SMARTS) is 2. The minimum absolute atomic E-state index is 0.458. The second kappa shape index (κ2) is 11.8. The summed E-state index contributed by atoms with van der Waals surface area (Å²) in [6.07, 6.45) is 1.12. The van der Waals surface area contributed by atoms with Gasteiger partial charge in [-0.25, -0.2) is 9.59 Å². The quantitative estimate of drug-likeness (QED) is 0.516. The Hall–Kier alpha value is -2.85. The fourth-order valence-electron chi connectivity index (χ4n) is 1.34. The highest BCUT2D eigenvalue weighted by atomic mass is 16.5. The van der Waals surface area contributed by atoms with Gasteiger partial charge in [0.05, 0.1) is 5.56 Å². The minimum Gasteiger partial charge on any atom is -0.491 e. The van der Waals surface area contributed by atoms with Gasteiger partial charge in [0.15, 0.2) is 0 Å². The third kappa shape index (κ3) is 11.5. The molecule has 0 aliphatic heterocycles. The van der Waals surface area contributed by atoms with Crippen LogP contribution >= 0.6 is 0 Å². The molecule has 1 aromatic carbocycles. The standard InChI is InChI=1S/C12H16N2O.C4H4O4/c1-10(2)14-7-8-15-12-6-4-3-5-11(12)9-13;5-3(6)1-2-4(7)8/h3-6,10,14H,7-8H2,1-2H3;1-2H,(H,5,6)(H,7,8)/b;2-1-. The Bertz CT molecular complexity index is 560. The predicted molar refractivity (Wildman–Crippen MR) is 84.2 cm³/mol. The lowest BCUT2D eigenvalue weighted by molar-refractivity contribution is -0.134. The molecule has 0 amide bonds. The molecule has 23 heavy (non-hydrogen) atoms. The number of carbonyl (C=O) groups is 2. The van der Waals surface area contributed by atoms with Crippen LogP contribution in [0.25, 0.3) is 0 Å². The van der Waals surface area contributed by atoms with Crippen LogP contribution in [0.2, 0.25) is 0 Å². The number of hydrogen-bond donors (Lipinski definition) is 3. The first-order chi connectivity index (χ1) is 10.9. The van der Waals surface area contributed by atoms with Gasteiger partial charge >= 0.3 is 11.9 Å². The maximum absolute atomic E-state index is 9.55. The van der Waals surface area contributed by atoms with Crippen molar-refractivity contribution in [3.05, 3.63) is 42.0 Å². The highest BCUT2D eigenvalue weighted by molar-refractivity contribution is 5.89. The van der Waals surface area contributed by atoms with Gasteiger partial charge in [0.2, 0.25) is 0 Å².